The van der Waals surface area contributed by atoms with E-state index in [1.807, 2.05) is 0 Å². The highest BCUT2D eigenvalue weighted by molar-refractivity contribution is 7.17. The van der Waals surface area contributed by atoms with Crippen LogP contribution in [0.3, 0.4) is 0 Å². The topological polar surface area (TPSA) is 142 Å². The second kappa shape index (κ2) is 5.91. The number of carbonyl (C=O) groups excluding carboxylic acids is 3. The first-order chi connectivity index (χ1) is 8.81. The first-order valence-electron chi connectivity index (χ1n) is 4.86. The number of imide groups is 1. The third kappa shape index (κ3) is 4.03. The molecule has 0 aliphatic heterocycles. The van der Waals surface area contributed by atoms with Crippen molar-refractivity contribution in [3.63, 3.8) is 0 Å². The number of nitro groups is 1. The number of hydrogen-bond acceptors (Lipinski definition) is 7. The van der Waals surface area contributed by atoms with Crippen LogP contribution in [-0.4, -0.2) is 28.9 Å². The Bertz CT molecular complexity index is 540. The fraction of sp³-hybridized carbons (Fsp3) is 0.222. The van der Waals surface area contributed by atoms with E-state index in [2.05, 4.69) is 0 Å². The number of rotatable bonds is 4. The Hall–Kier alpha value is -2.49. The number of nitrogens with one attached hydrogen (secondary N) is 1. The van der Waals surface area contributed by atoms with Crippen LogP contribution in [0, 0.1) is 10.1 Å². The van der Waals surface area contributed by atoms with Crippen molar-refractivity contribution in [2.45, 2.75) is 13.0 Å². The maximum Gasteiger partial charge on any atom is 0.349 e. The minimum absolute atomic E-state index is 0.0228. The number of urea groups is 1. The van der Waals surface area contributed by atoms with Gasteiger partial charge in [0.2, 0.25) is 0 Å². The molecule has 1 heterocycles. The van der Waals surface area contributed by atoms with Crippen LogP contribution in [0.2, 0.25) is 0 Å². The van der Waals surface area contributed by atoms with Crippen LogP contribution in [0.5, 0.6) is 0 Å². The Morgan fingerprint density at radius 2 is 2.11 bits per heavy atom. The van der Waals surface area contributed by atoms with Crippen LogP contribution >= 0.6 is 11.3 Å². The van der Waals surface area contributed by atoms with Crippen LogP contribution in [0.25, 0.3) is 0 Å². The molecule has 3 N–H and O–H groups in total. The summed E-state index contributed by atoms with van der Waals surface area (Å²) in [5, 5.41) is 12.0. The fourth-order valence-electron chi connectivity index (χ4n) is 1.03. The number of ether oxygens (including phenoxy) is 1. The van der Waals surface area contributed by atoms with Gasteiger partial charge in [0.25, 0.3) is 5.91 Å². The fourth-order valence-corrected chi connectivity index (χ4v) is 1.73. The average molecular weight is 287 g/mol. The third-order valence-electron chi connectivity index (χ3n) is 1.87. The molecule has 0 bridgehead atoms. The van der Waals surface area contributed by atoms with E-state index in [-0.39, 0.29) is 9.88 Å². The summed E-state index contributed by atoms with van der Waals surface area (Å²) in [6.07, 6.45) is -1.25. The van der Waals surface area contributed by atoms with Crippen molar-refractivity contribution in [1.29, 1.82) is 0 Å². The van der Waals surface area contributed by atoms with E-state index in [0.29, 0.717) is 11.3 Å². The van der Waals surface area contributed by atoms with Gasteiger partial charge in [-0.15, -0.1) is 0 Å². The maximum absolute atomic E-state index is 11.6. The highest BCUT2D eigenvalue weighted by atomic mass is 32.1. The maximum atomic E-state index is 11.6. The summed E-state index contributed by atoms with van der Waals surface area (Å²) < 4.78 is 4.72. The Balaban J connectivity index is 2.65. The van der Waals surface area contributed by atoms with Gasteiger partial charge in [0.15, 0.2) is 6.10 Å². The van der Waals surface area contributed by atoms with Crippen LogP contribution < -0.4 is 11.1 Å². The van der Waals surface area contributed by atoms with Crippen molar-refractivity contribution in [2.75, 3.05) is 0 Å². The second-order valence-corrected chi connectivity index (χ2v) is 4.36. The highest BCUT2D eigenvalue weighted by Crippen LogP contribution is 2.24. The van der Waals surface area contributed by atoms with Gasteiger partial charge in [0, 0.05) is 6.07 Å². The van der Waals surface area contributed by atoms with Crippen LogP contribution in [-0.2, 0) is 9.53 Å². The van der Waals surface area contributed by atoms with Crippen LogP contribution in [0.1, 0.15) is 16.6 Å². The Labute approximate surface area is 110 Å². The lowest BCUT2D eigenvalue weighted by Gasteiger charge is -2.10. The lowest BCUT2D eigenvalue weighted by molar-refractivity contribution is -0.380. The van der Waals surface area contributed by atoms with Crippen molar-refractivity contribution in [3.8, 4) is 0 Å². The molecule has 0 unspecified atom stereocenters. The molecule has 1 rings (SSSR count). The van der Waals surface area contributed by atoms with Gasteiger partial charge in [0.1, 0.15) is 4.88 Å². The molecule has 0 aliphatic carbocycles. The number of amides is 3. The minimum atomic E-state index is -1.25. The van der Waals surface area contributed by atoms with E-state index >= 15 is 0 Å². The predicted octanol–water partition coefficient (Wildman–Crippen LogP) is 0.397. The van der Waals surface area contributed by atoms with Gasteiger partial charge < -0.3 is 10.5 Å². The van der Waals surface area contributed by atoms with E-state index in [1.54, 1.807) is 5.32 Å². The molecule has 0 saturated carbocycles. The molecule has 10 heteroatoms. The van der Waals surface area contributed by atoms with Crippen molar-refractivity contribution < 1.29 is 24.0 Å². The zero-order valence-corrected chi connectivity index (χ0v) is 10.4. The van der Waals surface area contributed by atoms with Gasteiger partial charge in [-0.3, -0.25) is 20.2 Å². The summed E-state index contributed by atoms with van der Waals surface area (Å²) in [5.41, 5.74) is 4.73. The molecular weight excluding hydrogens is 278 g/mol. The third-order valence-corrected chi connectivity index (χ3v) is 2.89. The first-order valence-corrected chi connectivity index (χ1v) is 5.68. The number of nitrogens with zero attached hydrogens (tertiary/aromatic N) is 1. The average Bonchev–Trinajstić information content (AvgIpc) is 2.77. The summed E-state index contributed by atoms with van der Waals surface area (Å²) in [6, 6.07) is 1.29. The van der Waals surface area contributed by atoms with E-state index in [9.17, 15) is 24.5 Å². The number of nitrogens with two attached hydrogens (primary N) is 1. The molecule has 102 valence electrons. The predicted molar refractivity (Wildman–Crippen MR) is 63.6 cm³/mol. The summed E-state index contributed by atoms with van der Waals surface area (Å²) in [5.74, 6) is -1.78. The smallest absolute Gasteiger partial charge is 0.349 e. The Kier molecular flexibility index (Phi) is 4.53. The first kappa shape index (κ1) is 14.6. The monoisotopic (exact) mass is 287 g/mol. The number of hydrogen-bond donors (Lipinski definition) is 2. The molecule has 9 nitrogen and oxygen atoms in total. The lowest BCUT2D eigenvalue weighted by Crippen LogP contribution is -2.42. The quantitative estimate of drug-likeness (QED) is 0.466. The van der Waals surface area contributed by atoms with Crippen molar-refractivity contribution in [1.82, 2.24) is 5.32 Å². The number of carbonyl (C=O) groups is 3. The second-order valence-electron chi connectivity index (χ2n) is 3.30. The molecule has 3 amide bonds. The summed E-state index contributed by atoms with van der Waals surface area (Å²) in [7, 11) is 0. The number of thiophene rings is 1. The molecule has 0 fully saturated rings. The molecule has 0 saturated heterocycles. The SMILES string of the molecule is C[C@@H](OC(=O)c1ccc([N+](=O)[O-])s1)C(=O)NC(N)=O. The molecule has 0 aromatic carbocycles. The minimum Gasteiger partial charge on any atom is -0.448 e. The van der Waals surface area contributed by atoms with E-state index in [1.165, 1.54) is 13.0 Å². The highest BCUT2D eigenvalue weighted by Gasteiger charge is 2.22. The van der Waals surface area contributed by atoms with Crippen molar-refractivity contribution in [2.24, 2.45) is 5.73 Å². The molecule has 0 spiro atoms. The largest absolute Gasteiger partial charge is 0.448 e. The number of primary amides is 1. The molecule has 19 heavy (non-hydrogen) atoms. The van der Waals surface area contributed by atoms with Gasteiger partial charge >= 0.3 is 17.0 Å². The van der Waals surface area contributed by atoms with Gasteiger partial charge in [-0.25, -0.2) is 9.59 Å². The summed E-state index contributed by atoms with van der Waals surface area (Å²) in [6.45, 7) is 1.23. The Morgan fingerprint density at radius 3 is 2.58 bits per heavy atom. The zero-order chi connectivity index (χ0) is 14.6. The van der Waals surface area contributed by atoms with Crippen molar-refractivity contribution in [3.05, 3.63) is 27.1 Å². The molecule has 0 radical (unpaired) electrons. The normalized spacial score (nSPS) is 11.4. The zero-order valence-electron chi connectivity index (χ0n) is 9.61. The van der Waals surface area contributed by atoms with Crippen LogP contribution in [0.15, 0.2) is 12.1 Å². The molecule has 1 aromatic heterocycles. The van der Waals surface area contributed by atoms with Gasteiger partial charge in [-0.05, 0) is 13.0 Å². The van der Waals surface area contributed by atoms with Gasteiger partial charge in [-0.1, -0.05) is 11.3 Å². The molecule has 1 aromatic rings. The van der Waals surface area contributed by atoms with Gasteiger partial charge in [0.05, 0.1) is 4.92 Å². The van der Waals surface area contributed by atoms with E-state index in [0.717, 1.165) is 6.07 Å². The van der Waals surface area contributed by atoms with E-state index in [4.69, 9.17) is 10.5 Å². The number of esters is 1. The Morgan fingerprint density at radius 1 is 1.47 bits per heavy atom. The molecule has 0 aliphatic rings. The van der Waals surface area contributed by atoms with Gasteiger partial charge in [-0.2, -0.15) is 0 Å². The molecule has 1 atom stereocenters. The van der Waals surface area contributed by atoms with Crippen LogP contribution in [0.4, 0.5) is 9.80 Å². The molecular formula is C9H9N3O6S. The van der Waals surface area contributed by atoms with E-state index < -0.39 is 28.9 Å². The summed E-state index contributed by atoms with van der Waals surface area (Å²) in [4.78, 5) is 43.0. The summed E-state index contributed by atoms with van der Waals surface area (Å²) >= 11 is 0.620. The lowest BCUT2D eigenvalue weighted by atomic mass is 10.3. The van der Waals surface area contributed by atoms with Crippen molar-refractivity contribution >= 4 is 34.2 Å². The standard InChI is InChI=1S/C9H9N3O6S/c1-4(7(13)11-9(10)15)18-8(14)5-2-3-6(19-5)12(16)17/h2-4H,1H3,(H3,10,11,13,15)/t4-/m1/s1.